The van der Waals surface area contributed by atoms with Crippen LogP contribution >= 0.6 is 0 Å². The van der Waals surface area contributed by atoms with Gasteiger partial charge in [-0.3, -0.25) is 0 Å². The van der Waals surface area contributed by atoms with Crippen molar-refractivity contribution >= 4 is 0 Å². The van der Waals surface area contributed by atoms with Gasteiger partial charge in [-0.2, -0.15) is 0 Å². The molecule has 0 saturated carbocycles. The second-order valence-corrected chi connectivity index (χ2v) is 2.55. The fourth-order valence-corrected chi connectivity index (χ4v) is 0.946. The van der Waals surface area contributed by atoms with E-state index in [1.54, 1.807) is 0 Å². The molecule has 1 heteroatoms. The Bertz CT molecular complexity index is 165. The Morgan fingerprint density at radius 1 is 1.44 bits per heavy atom. The summed E-state index contributed by atoms with van der Waals surface area (Å²) in [5.74, 6) is 0. The molecule has 0 spiro atoms. The highest BCUT2D eigenvalue weighted by Gasteiger charge is 2.02. The van der Waals surface area contributed by atoms with Crippen molar-refractivity contribution in [1.82, 2.24) is 4.90 Å². The number of allylic oxidation sites excluding steroid dienone is 3. The summed E-state index contributed by atoms with van der Waals surface area (Å²) < 4.78 is 0. The van der Waals surface area contributed by atoms with Crippen molar-refractivity contribution < 1.29 is 0 Å². The van der Waals surface area contributed by atoms with E-state index in [0.717, 1.165) is 6.54 Å². The monoisotopic (exact) mass is 123 g/mol. The SMILES string of the molecule is CC1=C(C)N(C)CC=C1. The summed E-state index contributed by atoms with van der Waals surface area (Å²) in [6, 6.07) is 0. The molecule has 1 aliphatic rings. The Morgan fingerprint density at radius 3 is 2.56 bits per heavy atom. The minimum atomic E-state index is 1.06. The summed E-state index contributed by atoms with van der Waals surface area (Å²) in [6.07, 6.45) is 4.36. The quantitative estimate of drug-likeness (QED) is 0.474. The summed E-state index contributed by atoms with van der Waals surface area (Å²) >= 11 is 0. The molecule has 1 aliphatic heterocycles. The average Bonchev–Trinajstić information content (AvgIpc) is 1.83. The lowest BCUT2D eigenvalue weighted by Gasteiger charge is -2.22. The molecule has 0 atom stereocenters. The van der Waals surface area contributed by atoms with E-state index >= 15 is 0 Å². The van der Waals surface area contributed by atoms with Crippen LogP contribution in [0.25, 0.3) is 0 Å². The third-order valence-electron chi connectivity index (χ3n) is 1.89. The van der Waals surface area contributed by atoms with Gasteiger partial charge in [-0.15, -0.1) is 0 Å². The highest BCUT2D eigenvalue weighted by atomic mass is 15.1. The zero-order valence-corrected chi connectivity index (χ0v) is 6.31. The fourth-order valence-electron chi connectivity index (χ4n) is 0.946. The molecule has 1 nitrogen and oxygen atoms in total. The molecule has 0 fully saturated rings. The number of likely N-dealkylation sites (N-methyl/N-ethyl adjacent to an activating group) is 1. The summed E-state index contributed by atoms with van der Waals surface area (Å²) in [4.78, 5) is 2.25. The molecule has 9 heavy (non-hydrogen) atoms. The van der Waals surface area contributed by atoms with Gasteiger partial charge in [0.25, 0.3) is 0 Å². The first kappa shape index (κ1) is 6.40. The van der Waals surface area contributed by atoms with Gasteiger partial charge in [0.15, 0.2) is 0 Å². The lowest BCUT2D eigenvalue weighted by Crippen LogP contribution is -2.19. The topological polar surface area (TPSA) is 3.24 Å². The van der Waals surface area contributed by atoms with Gasteiger partial charge in [0.2, 0.25) is 0 Å². The van der Waals surface area contributed by atoms with Crippen LogP contribution in [0.2, 0.25) is 0 Å². The predicted molar refractivity (Wildman–Crippen MR) is 40.1 cm³/mol. The number of hydrogen-bond donors (Lipinski definition) is 0. The average molecular weight is 123 g/mol. The van der Waals surface area contributed by atoms with Gasteiger partial charge in [-0.1, -0.05) is 12.2 Å². The van der Waals surface area contributed by atoms with E-state index in [9.17, 15) is 0 Å². The molecular weight excluding hydrogens is 110 g/mol. The van der Waals surface area contributed by atoms with Crippen LogP contribution in [0.5, 0.6) is 0 Å². The highest BCUT2D eigenvalue weighted by Crippen LogP contribution is 2.12. The first-order chi connectivity index (χ1) is 4.22. The van der Waals surface area contributed by atoms with Crippen LogP contribution in [0.15, 0.2) is 23.4 Å². The molecule has 0 aromatic carbocycles. The first-order valence-corrected chi connectivity index (χ1v) is 3.27. The number of hydrogen-bond acceptors (Lipinski definition) is 1. The Morgan fingerprint density at radius 2 is 2.11 bits per heavy atom. The molecule has 0 unspecified atom stereocenters. The molecule has 50 valence electrons. The molecule has 0 radical (unpaired) electrons. The lowest BCUT2D eigenvalue weighted by molar-refractivity contribution is 0.455. The Labute approximate surface area is 56.7 Å². The van der Waals surface area contributed by atoms with Gasteiger partial charge >= 0.3 is 0 Å². The molecule has 1 heterocycles. The zero-order valence-electron chi connectivity index (χ0n) is 6.31. The van der Waals surface area contributed by atoms with Crippen molar-refractivity contribution in [2.24, 2.45) is 0 Å². The second-order valence-electron chi connectivity index (χ2n) is 2.55. The van der Waals surface area contributed by atoms with E-state index in [4.69, 9.17) is 0 Å². The van der Waals surface area contributed by atoms with E-state index in [2.05, 4.69) is 37.9 Å². The van der Waals surface area contributed by atoms with Gasteiger partial charge in [0.1, 0.15) is 0 Å². The molecule has 0 amide bonds. The van der Waals surface area contributed by atoms with Crippen LogP contribution < -0.4 is 0 Å². The lowest BCUT2D eigenvalue weighted by atomic mass is 10.1. The van der Waals surface area contributed by atoms with Gasteiger partial charge in [-0.25, -0.2) is 0 Å². The van der Waals surface area contributed by atoms with Crippen molar-refractivity contribution in [2.45, 2.75) is 13.8 Å². The van der Waals surface area contributed by atoms with E-state index in [1.165, 1.54) is 11.3 Å². The maximum absolute atomic E-state index is 2.25. The molecular formula is C8H13N. The van der Waals surface area contributed by atoms with E-state index in [-0.39, 0.29) is 0 Å². The normalized spacial score (nSPS) is 19.2. The molecule has 0 saturated heterocycles. The van der Waals surface area contributed by atoms with Gasteiger partial charge in [-0.05, 0) is 19.4 Å². The molecule has 0 bridgehead atoms. The summed E-state index contributed by atoms with van der Waals surface area (Å²) in [5, 5.41) is 0. The third kappa shape index (κ3) is 1.15. The standard InChI is InChI=1S/C8H13N/c1-7-5-4-6-9(3)8(7)2/h4-5H,6H2,1-3H3. The summed E-state index contributed by atoms with van der Waals surface area (Å²) in [7, 11) is 2.11. The molecule has 0 aliphatic carbocycles. The third-order valence-corrected chi connectivity index (χ3v) is 1.89. The van der Waals surface area contributed by atoms with E-state index < -0.39 is 0 Å². The van der Waals surface area contributed by atoms with Crippen LogP contribution in [0, 0.1) is 0 Å². The Kier molecular flexibility index (Phi) is 1.60. The van der Waals surface area contributed by atoms with Crippen molar-refractivity contribution in [3.05, 3.63) is 23.4 Å². The largest absolute Gasteiger partial charge is 0.374 e. The second kappa shape index (κ2) is 2.26. The zero-order chi connectivity index (χ0) is 6.85. The van der Waals surface area contributed by atoms with E-state index in [0.29, 0.717) is 0 Å². The van der Waals surface area contributed by atoms with Crippen LogP contribution in [-0.2, 0) is 0 Å². The van der Waals surface area contributed by atoms with Crippen LogP contribution in [-0.4, -0.2) is 18.5 Å². The van der Waals surface area contributed by atoms with Crippen molar-refractivity contribution in [1.29, 1.82) is 0 Å². The maximum atomic E-state index is 2.25. The van der Waals surface area contributed by atoms with Gasteiger partial charge in [0, 0.05) is 19.3 Å². The summed E-state index contributed by atoms with van der Waals surface area (Å²) in [5.41, 5.74) is 2.77. The highest BCUT2D eigenvalue weighted by molar-refractivity contribution is 5.25. The van der Waals surface area contributed by atoms with Gasteiger partial charge < -0.3 is 4.90 Å². The van der Waals surface area contributed by atoms with Crippen LogP contribution in [0.1, 0.15) is 13.8 Å². The molecule has 0 aromatic heterocycles. The fraction of sp³-hybridized carbons (Fsp3) is 0.500. The van der Waals surface area contributed by atoms with E-state index in [1.807, 2.05) is 0 Å². The number of rotatable bonds is 0. The van der Waals surface area contributed by atoms with Gasteiger partial charge in [0.05, 0.1) is 0 Å². The van der Waals surface area contributed by atoms with Crippen molar-refractivity contribution in [3.8, 4) is 0 Å². The Balaban J connectivity index is 2.83. The molecule has 0 aromatic rings. The van der Waals surface area contributed by atoms with Crippen LogP contribution in [0.4, 0.5) is 0 Å². The molecule has 0 N–H and O–H groups in total. The minimum absolute atomic E-state index is 1.06. The maximum Gasteiger partial charge on any atom is 0.0356 e. The van der Waals surface area contributed by atoms with Crippen LogP contribution in [0.3, 0.4) is 0 Å². The van der Waals surface area contributed by atoms with Crippen molar-refractivity contribution in [3.63, 3.8) is 0 Å². The Hall–Kier alpha value is -0.720. The van der Waals surface area contributed by atoms with Crippen molar-refractivity contribution in [2.75, 3.05) is 13.6 Å². The molecule has 1 rings (SSSR count). The summed E-state index contributed by atoms with van der Waals surface area (Å²) in [6.45, 7) is 5.35. The smallest absolute Gasteiger partial charge is 0.0356 e. The first-order valence-electron chi connectivity index (χ1n) is 3.27. The minimum Gasteiger partial charge on any atom is -0.374 e. The number of nitrogens with zero attached hydrogens (tertiary/aromatic N) is 1. The predicted octanol–water partition coefficient (Wildman–Crippen LogP) is 1.78.